The summed E-state index contributed by atoms with van der Waals surface area (Å²) in [6.45, 7) is 9.76. The molecule has 17 heavy (non-hydrogen) atoms. The van der Waals surface area contributed by atoms with Crippen molar-refractivity contribution in [3.05, 3.63) is 0 Å². The van der Waals surface area contributed by atoms with Crippen molar-refractivity contribution >= 4 is 0 Å². The lowest BCUT2D eigenvalue weighted by Crippen LogP contribution is -2.37. The molecule has 1 aliphatic carbocycles. The summed E-state index contributed by atoms with van der Waals surface area (Å²) >= 11 is 0. The Morgan fingerprint density at radius 3 is 2.06 bits per heavy atom. The lowest BCUT2D eigenvalue weighted by molar-refractivity contribution is 0.0157. The minimum atomic E-state index is -0.175. The number of nitrogens with two attached hydrogens (primary N) is 1. The van der Waals surface area contributed by atoms with Crippen LogP contribution in [0.5, 0.6) is 0 Å². The molecule has 0 heterocycles. The van der Waals surface area contributed by atoms with E-state index in [2.05, 4.69) is 27.7 Å². The molecule has 2 unspecified atom stereocenters. The Bertz CT molecular complexity index is 209. The van der Waals surface area contributed by atoms with Crippen LogP contribution in [0.3, 0.4) is 0 Å². The van der Waals surface area contributed by atoms with Crippen LogP contribution in [0.4, 0.5) is 0 Å². The van der Waals surface area contributed by atoms with Crippen LogP contribution in [0, 0.1) is 23.2 Å². The maximum Gasteiger partial charge on any atom is 0.0608 e. The minimum absolute atomic E-state index is 0.175. The highest BCUT2D eigenvalue weighted by Gasteiger charge is 2.34. The molecular formula is C15H31NO. The molecule has 2 atom stereocenters. The molecule has 0 radical (unpaired) electrons. The molecule has 0 aromatic heterocycles. The van der Waals surface area contributed by atoms with Crippen LogP contribution in [0.2, 0.25) is 0 Å². The molecule has 0 aliphatic heterocycles. The number of rotatable bonds is 4. The fraction of sp³-hybridized carbons (Fsp3) is 1.00. The van der Waals surface area contributed by atoms with Gasteiger partial charge in [-0.15, -0.1) is 0 Å². The van der Waals surface area contributed by atoms with Gasteiger partial charge in [-0.25, -0.2) is 0 Å². The molecule has 0 saturated heterocycles. The normalized spacial score (nSPS) is 30.0. The number of aliphatic hydroxyl groups excluding tert-OH is 1. The maximum atomic E-state index is 10.3. The summed E-state index contributed by atoms with van der Waals surface area (Å²) in [5, 5.41) is 10.3. The lowest BCUT2D eigenvalue weighted by atomic mass is 9.68. The van der Waals surface area contributed by atoms with Crippen LogP contribution in [-0.2, 0) is 0 Å². The molecule has 3 N–H and O–H groups in total. The molecule has 1 fully saturated rings. The predicted octanol–water partition coefficient (Wildman–Crippen LogP) is 3.18. The van der Waals surface area contributed by atoms with Gasteiger partial charge in [0, 0.05) is 0 Å². The van der Waals surface area contributed by atoms with E-state index in [4.69, 9.17) is 5.73 Å². The third-order valence-electron chi connectivity index (χ3n) is 4.79. The van der Waals surface area contributed by atoms with Crippen LogP contribution in [0.25, 0.3) is 0 Å². The van der Waals surface area contributed by atoms with Gasteiger partial charge in [0.1, 0.15) is 0 Å². The largest absolute Gasteiger partial charge is 0.393 e. The Morgan fingerprint density at radius 2 is 1.71 bits per heavy atom. The highest BCUT2D eigenvalue weighted by molar-refractivity contribution is 4.85. The Morgan fingerprint density at radius 1 is 1.18 bits per heavy atom. The molecule has 102 valence electrons. The molecule has 0 aromatic rings. The van der Waals surface area contributed by atoms with Gasteiger partial charge in [-0.2, -0.15) is 0 Å². The van der Waals surface area contributed by atoms with Crippen LogP contribution >= 0.6 is 0 Å². The zero-order valence-electron chi connectivity index (χ0n) is 12.1. The average molecular weight is 241 g/mol. The molecular weight excluding hydrogens is 210 g/mol. The Hall–Kier alpha value is -0.0800. The van der Waals surface area contributed by atoms with E-state index in [9.17, 15) is 5.11 Å². The van der Waals surface area contributed by atoms with Crippen molar-refractivity contribution in [2.75, 3.05) is 6.54 Å². The fourth-order valence-electron chi connectivity index (χ4n) is 3.26. The summed E-state index contributed by atoms with van der Waals surface area (Å²) in [5.41, 5.74) is 6.15. The van der Waals surface area contributed by atoms with E-state index < -0.39 is 0 Å². The molecule has 1 rings (SSSR count). The summed E-state index contributed by atoms with van der Waals surface area (Å²) in [4.78, 5) is 0. The first-order valence-corrected chi connectivity index (χ1v) is 7.28. The molecule has 0 bridgehead atoms. The van der Waals surface area contributed by atoms with E-state index in [1.165, 1.54) is 25.7 Å². The van der Waals surface area contributed by atoms with Crippen molar-refractivity contribution in [2.24, 2.45) is 28.9 Å². The molecule has 1 saturated carbocycles. The molecule has 0 spiro atoms. The fourth-order valence-corrected chi connectivity index (χ4v) is 3.26. The highest BCUT2D eigenvalue weighted by atomic mass is 16.3. The number of hydrogen-bond donors (Lipinski definition) is 2. The third kappa shape index (κ3) is 3.96. The number of hydrogen-bond acceptors (Lipinski definition) is 2. The van der Waals surface area contributed by atoms with Gasteiger partial charge in [-0.3, -0.25) is 0 Å². The zero-order valence-corrected chi connectivity index (χ0v) is 12.1. The van der Waals surface area contributed by atoms with E-state index in [-0.39, 0.29) is 6.10 Å². The van der Waals surface area contributed by atoms with Crippen molar-refractivity contribution in [1.82, 2.24) is 0 Å². The van der Waals surface area contributed by atoms with E-state index in [0.29, 0.717) is 23.8 Å². The Balaban J connectivity index is 2.46. The van der Waals surface area contributed by atoms with E-state index in [0.717, 1.165) is 12.3 Å². The van der Waals surface area contributed by atoms with Gasteiger partial charge >= 0.3 is 0 Å². The van der Waals surface area contributed by atoms with E-state index in [1.54, 1.807) is 0 Å². The van der Waals surface area contributed by atoms with Crippen LogP contribution in [0.1, 0.15) is 59.8 Å². The van der Waals surface area contributed by atoms with Gasteiger partial charge < -0.3 is 10.8 Å². The van der Waals surface area contributed by atoms with Crippen LogP contribution in [0.15, 0.2) is 0 Å². The Labute approximate surface area is 107 Å². The highest BCUT2D eigenvalue weighted by Crippen LogP contribution is 2.41. The first-order chi connectivity index (χ1) is 7.90. The van der Waals surface area contributed by atoms with Gasteiger partial charge in [-0.1, -0.05) is 27.7 Å². The van der Waals surface area contributed by atoms with Crippen molar-refractivity contribution in [3.8, 4) is 0 Å². The monoisotopic (exact) mass is 241 g/mol. The summed E-state index contributed by atoms with van der Waals surface area (Å²) in [7, 11) is 0. The number of aliphatic hydroxyl groups is 1. The van der Waals surface area contributed by atoms with Crippen molar-refractivity contribution in [3.63, 3.8) is 0 Å². The zero-order chi connectivity index (χ0) is 13.1. The van der Waals surface area contributed by atoms with E-state index >= 15 is 0 Å². The molecule has 0 amide bonds. The molecule has 0 aromatic carbocycles. The quantitative estimate of drug-likeness (QED) is 0.794. The molecule has 2 heteroatoms. The summed E-state index contributed by atoms with van der Waals surface area (Å²) < 4.78 is 0. The second kappa shape index (κ2) is 6.19. The SMILES string of the molecule is CCC(CN)C(O)C1CCC(C(C)(C)C)CC1. The van der Waals surface area contributed by atoms with Gasteiger partial charge in [-0.05, 0) is 61.8 Å². The summed E-state index contributed by atoms with van der Waals surface area (Å²) in [6.07, 6.45) is 5.72. The van der Waals surface area contributed by atoms with E-state index in [1.807, 2.05) is 0 Å². The smallest absolute Gasteiger partial charge is 0.0608 e. The third-order valence-corrected chi connectivity index (χ3v) is 4.79. The Kier molecular flexibility index (Phi) is 5.46. The molecule has 1 aliphatic rings. The summed E-state index contributed by atoms with van der Waals surface area (Å²) in [6, 6.07) is 0. The second-order valence-electron chi connectivity index (χ2n) is 6.87. The van der Waals surface area contributed by atoms with Gasteiger partial charge in [0.2, 0.25) is 0 Å². The first-order valence-electron chi connectivity index (χ1n) is 7.28. The van der Waals surface area contributed by atoms with Crippen molar-refractivity contribution < 1.29 is 5.11 Å². The minimum Gasteiger partial charge on any atom is -0.393 e. The maximum absolute atomic E-state index is 10.3. The predicted molar refractivity (Wildman–Crippen MR) is 73.7 cm³/mol. The van der Waals surface area contributed by atoms with Gasteiger partial charge in [0.05, 0.1) is 6.10 Å². The van der Waals surface area contributed by atoms with Crippen molar-refractivity contribution in [1.29, 1.82) is 0 Å². The standard InChI is InChI=1S/C15H31NO/c1-5-11(10-16)14(17)12-6-8-13(9-7-12)15(2,3)4/h11-14,17H,5-10,16H2,1-4H3. The topological polar surface area (TPSA) is 46.2 Å². The average Bonchev–Trinajstić information content (AvgIpc) is 2.29. The van der Waals surface area contributed by atoms with Crippen LogP contribution in [-0.4, -0.2) is 17.8 Å². The van der Waals surface area contributed by atoms with Gasteiger partial charge in [0.15, 0.2) is 0 Å². The first kappa shape index (κ1) is 15.0. The second-order valence-corrected chi connectivity index (χ2v) is 6.87. The van der Waals surface area contributed by atoms with Crippen LogP contribution < -0.4 is 5.73 Å². The summed E-state index contributed by atoms with van der Waals surface area (Å²) in [5.74, 6) is 1.61. The van der Waals surface area contributed by atoms with Gasteiger partial charge in [0.25, 0.3) is 0 Å². The lowest BCUT2D eigenvalue weighted by Gasteiger charge is -2.39. The molecule has 2 nitrogen and oxygen atoms in total. The van der Waals surface area contributed by atoms with Crippen molar-refractivity contribution in [2.45, 2.75) is 65.9 Å².